The van der Waals surface area contributed by atoms with Crippen molar-refractivity contribution in [3.63, 3.8) is 0 Å². The summed E-state index contributed by atoms with van der Waals surface area (Å²) in [7, 11) is 0. The van der Waals surface area contributed by atoms with Crippen molar-refractivity contribution < 1.29 is 4.79 Å². The summed E-state index contributed by atoms with van der Waals surface area (Å²) >= 11 is 0. The molecular formula is C19H28N4O. The van der Waals surface area contributed by atoms with Crippen molar-refractivity contribution in [3.8, 4) is 0 Å². The Balaban J connectivity index is 1.41. The molecule has 0 atom stereocenters. The monoisotopic (exact) mass is 328 g/mol. The third kappa shape index (κ3) is 3.01. The number of hydrogen-bond donors (Lipinski definition) is 0. The molecule has 4 rings (SSSR count). The van der Waals surface area contributed by atoms with Crippen molar-refractivity contribution in [2.75, 3.05) is 31.1 Å². The zero-order valence-electron chi connectivity index (χ0n) is 14.7. The Bertz CT molecular complexity index is 586. The number of nitrogens with zero attached hydrogens (tertiary/aromatic N) is 4. The number of carbonyl (C=O) groups excluding carboxylic acids is 1. The molecule has 2 aliphatic heterocycles. The Kier molecular flexibility index (Phi) is 4.19. The van der Waals surface area contributed by atoms with Crippen molar-refractivity contribution in [2.24, 2.45) is 11.3 Å². The molecule has 3 fully saturated rings. The van der Waals surface area contributed by atoms with Gasteiger partial charge in [0.15, 0.2) is 11.5 Å². The molecule has 3 heterocycles. The minimum absolute atomic E-state index is 0.0611. The molecular weight excluding hydrogens is 300 g/mol. The van der Waals surface area contributed by atoms with E-state index in [1.807, 2.05) is 17.0 Å². The molecule has 0 bridgehead atoms. The van der Waals surface area contributed by atoms with Crippen molar-refractivity contribution in [3.05, 3.63) is 17.8 Å². The molecule has 1 aliphatic carbocycles. The molecule has 1 aromatic heterocycles. The summed E-state index contributed by atoms with van der Waals surface area (Å²) in [6.07, 6.45) is 8.77. The first kappa shape index (κ1) is 15.9. The van der Waals surface area contributed by atoms with Crippen LogP contribution in [0, 0.1) is 11.3 Å². The lowest BCUT2D eigenvalue weighted by Crippen LogP contribution is -2.34. The van der Waals surface area contributed by atoms with Crippen LogP contribution in [-0.2, 0) is 0 Å². The molecule has 3 aliphatic rings. The number of carbonyl (C=O) groups is 1. The van der Waals surface area contributed by atoms with Crippen LogP contribution in [0.25, 0.3) is 0 Å². The minimum Gasteiger partial charge on any atom is -0.355 e. The van der Waals surface area contributed by atoms with Crippen LogP contribution in [0.2, 0.25) is 0 Å². The van der Waals surface area contributed by atoms with Gasteiger partial charge in [-0.05, 0) is 55.6 Å². The number of anilines is 1. The molecule has 1 saturated carbocycles. The molecule has 5 nitrogen and oxygen atoms in total. The first-order valence-corrected chi connectivity index (χ1v) is 9.53. The second-order valence-corrected chi connectivity index (χ2v) is 8.13. The highest BCUT2D eigenvalue weighted by molar-refractivity contribution is 5.92. The number of rotatable bonds is 2. The van der Waals surface area contributed by atoms with E-state index in [1.54, 1.807) is 0 Å². The Morgan fingerprint density at radius 3 is 2.50 bits per heavy atom. The second kappa shape index (κ2) is 6.34. The Hall–Kier alpha value is -1.65. The number of aromatic nitrogens is 2. The first-order chi connectivity index (χ1) is 11.7. The Labute approximate surface area is 144 Å². The average Bonchev–Trinajstić information content (AvgIpc) is 3.28. The van der Waals surface area contributed by atoms with E-state index in [0.29, 0.717) is 11.1 Å². The lowest BCUT2D eigenvalue weighted by molar-refractivity contribution is 0.0744. The van der Waals surface area contributed by atoms with E-state index in [0.717, 1.165) is 44.3 Å². The molecule has 1 spiro atoms. The van der Waals surface area contributed by atoms with Gasteiger partial charge in [-0.15, -0.1) is 10.2 Å². The molecule has 0 unspecified atom stereocenters. The number of hydrogen-bond acceptors (Lipinski definition) is 4. The fourth-order valence-electron chi connectivity index (χ4n) is 4.61. The number of likely N-dealkylation sites (tertiary alicyclic amines) is 1. The lowest BCUT2D eigenvalue weighted by Gasteiger charge is -2.36. The van der Waals surface area contributed by atoms with Crippen LogP contribution in [0.5, 0.6) is 0 Å². The zero-order valence-corrected chi connectivity index (χ0v) is 14.7. The summed E-state index contributed by atoms with van der Waals surface area (Å²) in [6.45, 7) is 6.24. The SMILES string of the molecule is CC1CCC2(CC1)CCN(C(=O)c1ccc(N3CCCC3)nn1)C2. The van der Waals surface area contributed by atoms with Crippen molar-refractivity contribution in [2.45, 2.75) is 51.9 Å². The predicted molar refractivity (Wildman–Crippen MR) is 94.1 cm³/mol. The maximum absolute atomic E-state index is 12.8. The minimum atomic E-state index is 0.0611. The summed E-state index contributed by atoms with van der Waals surface area (Å²) in [4.78, 5) is 17.0. The molecule has 24 heavy (non-hydrogen) atoms. The maximum Gasteiger partial charge on any atom is 0.274 e. The van der Waals surface area contributed by atoms with E-state index in [-0.39, 0.29) is 5.91 Å². The Morgan fingerprint density at radius 1 is 1.08 bits per heavy atom. The molecule has 1 aromatic rings. The van der Waals surface area contributed by atoms with Crippen LogP contribution in [-0.4, -0.2) is 47.2 Å². The standard InChI is InChI=1S/C19H28N4O/c1-15-6-8-19(9-7-15)10-13-23(14-19)18(24)16-4-5-17(21-20-16)22-11-2-3-12-22/h4-5,15H,2-3,6-14H2,1H3. The highest BCUT2D eigenvalue weighted by Gasteiger charge is 2.42. The normalized spacial score (nSPS) is 30.3. The van der Waals surface area contributed by atoms with Gasteiger partial charge in [-0.3, -0.25) is 4.79 Å². The first-order valence-electron chi connectivity index (χ1n) is 9.53. The van der Waals surface area contributed by atoms with Gasteiger partial charge in [-0.1, -0.05) is 19.8 Å². The van der Waals surface area contributed by atoms with Crippen LogP contribution in [0.3, 0.4) is 0 Å². The van der Waals surface area contributed by atoms with Crippen LogP contribution < -0.4 is 4.90 Å². The summed E-state index contributed by atoms with van der Waals surface area (Å²) in [5.41, 5.74) is 0.879. The average molecular weight is 328 g/mol. The fourth-order valence-corrected chi connectivity index (χ4v) is 4.61. The highest BCUT2D eigenvalue weighted by atomic mass is 16.2. The van der Waals surface area contributed by atoms with E-state index in [1.165, 1.54) is 38.5 Å². The fraction of sp³-hybridized carbons (Fsp3) is 0.737. The summed E-state index contributed by atoms with van der Waals surface area (Å²) in [5.74, 6) is 1.82. The van der Waals surface area contributed by atoms with Gasteiger partial charge in [0.25, 0.3) is 5.91 Å². The van der Waals surface area contributed by atoms with Gasteiger partial charge >= 0.3 is 0 Å². The molecule has 1 amide bonds. The van der Waals surface area contributed by atoms with Gasteiger partial charge in [-0.2, -0.15) is 0 Å². The van der Waals surface area contributed by atoms with Crippen molar-refractivity contribution in [1.82, 2.24) is 15.1 Å². The predicted octanol–water partition coefficient (Wildman–Crippen LogP) is 3.12. The Morgan fingerprint density at radius 2 is 1.83 bits per heavy atom. The van der Waals surface area contributed by atoms with Crippen LogP contribution in [0.1, 0.15) is 62.4 Å². The van der Waals surface area contributed by atoms with E-state index in [4.69, 9.17) is 0 Å². The quantitative estimate of drug-likeness (QED) is 0.837. The van der Waals surface area contributed by atoms with Gasteiger partial charge in [0.2, 0.25) is 0 Å². The highest BCUT2D eigenvalue weighted by Crippen LogP contribution is 2.45. The molecule has 0 aromatic carbocycles. The smallest absolute Gasteiger partial charge is 0.274 e. The van der Waals surface area contributed by atoms with Crippen LogP contribution in [0.4, 0.5) is 5.82 Å². The number of amides is 1. The van der Waals surface area contributed by atoms with Crippen LogP contribution in [0.15, 0.2) is 12.1 Å². The largest absolute Gasteiger partial charge is 0.355 e. The second-order valence-electron chi connectivity index (χ2n) is 8.13. The van der Waals surface area contributed by atoms with Crippen molar-refractivity contribution in [1.29, 1.82) is 0 Å². The molecule has 5 heteroatoms. The third-order valence-corrected chi connectivity index (χ3v) is 6.36. The van der Waals surface area contributed by atoms with Gasteiger partial charge < -0.3 is 9.80 Å². The van der Waals surface area contributed by atoms with E-state index in [9.17, 15) is 4.79 Å². The zero-order chi connectivity index (χ0) is 16.6. The van der Waals surface area contributed by atoms with Crippen molar-refractivity contribution >= 4 is 11.7 Å². The lowest BCUT2D eigenvalue weighted by atomic mass is 9.70. The topological polar surface area (TPSA) is 49.3 Å². The maximum atomic E-state index is 12.8. The summed E-state index contributed by atoms with van der Waals surface area (Å²) in [6, 6.07) is 3.82. The molecule has 0 radical (unpaired) electrons. The van der Waals surface area contributed by atoms with Gasteiger partial charge in [0.1, 0.15) is 0 Å². The van der Waals surface area contributed by atoms with E-state index in [2.05, 4.69) is 22.0 Å². The van der Waals surface area contributed by atoms with E-state index < -0.39 is 0 Å². The van der Waals surface area contributed by atoms with Gasteiger partial charge in [-0.25, -0.2) is 0 Å². The summed E-state index contributed by atoms with van der Waals surface area (Å²) < 4.78 is 0. The molecule has 130 valence electrons. The van der Waals surface area contributed by atoms with Crippen LogP contribution >= 0.6 is 0 Å². The molecule has 2 saturated heterocycles. The third-order valence-electron chi connectivity index (χ3n) is 6.36. The van der Waals surface area contributed by atoms with Gasteiger partial charge in [0, 0.05) is 26.2 Å². The summed E-state index contributed by atoms with van der Waals surface area (Å²) in [5, 5.41) is 8.53. The molecule has 0 N–H and O–H groups in total. The van der Waals surface area contributed by atoms with E-state index >= 15 is 0 Å². The van der Waals surface area contributed by atoms with Gasteiger partial charge in [0.05, 0.1) is 0 Å².